The van der Waals surface area contributed by atoms with E-state index in [2.05, 4.69) is 25.9 Å². The number of amides is 3. The Bertz CT molecular complexity index is 842. The van der Waals surface area contributed by atoms with E-state index in [0.29, 0.717) is 5.69 Å². The first-order chi connectivity index (χ1) is 15.3. The smallest absolute Gasteiger partial charge is 0.326 e. The zero-order chi connectivity index (χ0) is 25.3. The molecule has 1 aromatic heterocycles. The molecule has 3 amide bonds. The Balaban J connectivity index is 2.95. The fraction of sp³-hybridized carbons (Fsp3) is 0.556. The lowest BCUT2D eigenvalue weighted by Gasteiger charge is -2.26. The largest absolute Gasteiger partial charge is 0.481 e. The zero-order valence-electron chi connectivity index (χ0n) is 17.9. The number of aromatic nitrogens is 2. The molecule has 15 heteroatoms. The number of aliphatic hydroxyl groups excluding tert-OH is 2. The number of aliphatic carboxylic acids is 2. The molecule has 0 fully saturated rings. The Morgan fingerprint density at radius 2 is 1.58 bits per heavy atom. The van der Waals surface area contributed by atoms with E-state index in [0.717, 1.165) is 6.92 Å². The van der Waals surface area contributed by atoms with Gasteiger partial charge in [-0.15, -0.1) is 0 Å². The lowest BCUT2D eigenvalue weighted by atomic mass is 10.1. The minimum atomic E-state index is -1.70. The number of nitrogens with two attached hydrogens (primary N) is 1. The summed E-state index contributed by atoms with van der Waals surface area (Å²) in [5, 5.41) is 44.1. The number of carboxylic acids is 2. The Morgan fingerprint density at radius 1 is 0.970 bits per heavy atom. The molecule has 0 radical (unpaired) electrons. The summed E-state index contributed by atoms with van der Waals surface area (Å²) in [5.41, 5.74) is 5.87. The van der Waals surface area contributed by atoms with Crippen molar-refractivity contribution in [2.45, 2.75) is 63.1 Å². The lowest BCUT2D eigenvalue weighted by molar-refractivity contribution is -0.144. The number of nitrogens with zero attached hydrogens (tertiary/aromatic N) is 1. The number of carbonyl (C=O) groups is 5. The number of aromatic amines is 1. The topological polar surface area (TPSA) is 257 Å². The number of carbonyl (C=O) groups excluding carboxylic acids is 3. The molecule has 184 valence electrons. The molecule has 6 unspecified atom stereocenters. The van der Waals surface area contributed by atoms with Crippen molar-refractivity contribution < 1.29 is 44.4 Å². The third kappa shape index (κ3) is 8.83. The standard InChI is InChI=1S/C18H28N6O9/c1-7(25)13(19)16(30)22-10(4-12(27)28)15(29)24-14(8(2)26)17(31)23-11(18(32)33)3-9-5-20-6-21-9/h5-8,10-11,13-14,25-26H,3-4,19H2,1-2H3,(H,20,21)(H,22,30)(H,23,31)(H,24,29)(H,27,28)(H,32,33). The minimum absolute atomic E-state index is 0.170. The van der Waals surface area contributed by atoms with Crippen molar-refractivity contribution in [2.24, 2.45) is 5.73 Å². The second kappa shape index (κ2) is 12.5. The second-order valence-corrected chi connectivity index (χ2v) is 7.33. The Morgan fingerprint density at radius 3 is 2.03 bits per heavy atom. The van der Waals surface area contributed by atoms with Gasteiger partial charge in [0.2, 0.25) is 17.7 Å². The Kier molecular flexibility index (Phi) is 10.4. The molecule has 15 nitrogen and oxygen atoms in total. The summed E-state index contributed by atoms with van der Waals surface area (Å²) in [7, 11) is 0. The average Bonchev–Trinajstić information content (AvgIpc) is 3.22. The molecule has 10 N–H and O–H groups in total. The summed E-state index contributed by atoms with van der Waals surface area (Å²) in [6.45, 7) is 2.36. The molecule has 0 bridgehead atoms. The number of hydrogen-bond acceptors (Lipinski definition) is 9. The van der Waals surface area contributed by atoms with Crippen LogP contribution < -0.4 is 21.7 Å². The molecule has 0 aliphatic carbocycles. The van der Waals surface area contributed by atoms with Crippen LogP contribution in [0.15, 0.2) is 12.5 Å². The Labute approximate surface area is 187 Å². The molecule has 1 rings (SSSR count). The maximum Gasteiger partial charge on any atom is 0.326 e. The van der Waals surface area contributed by atoms with E-state index in [4.69, 9.17) is 10.8 Å². The van der Waals surface area contributed by atoms with Crippen molar-refractivity contribution in [3.8, 4) is 0 Å². The number of nitrogens with one attached hydrogen (secondary N) is 4. The van der Waals surface area contributed by atoms with Crippen LogP contribution >= 0.6 is 0 Å². The van der Waals surface area contributed by atoms with E-state index in [1.54, 1.807) is 0 Å². The number of carboxylic acid groups (broad SMARTS) is 2. The van der Waals surface area contributed by atoms with Crippen LogP contribution in [0.1, 0.15) is 26.0 Å². The minimum Gasteiger partial charge on any atom is -0.481 e. The van der Waals surface area contributed by atoms with Gasteiger partial charge in [-0.3, -0.25) is 19.2 Å². The van der Waals surface area contributed by atoms with Crippen LogP contribution in [0.2, 0.25) is 0 Å². The number of imidazole rings is 1. The van der Waals surface area contributed by atoms with E-state index < -0.39 is 72.5 Å². The number of H-pyrrole nitrogens is 1. The van der Waals surface area contributed by atoms with Crippen LogP contribution in [-0.4, -0.2) is 96.4 Å². The van der Waals surface area contributed by atoms with Gasteiger partial charge in [-0.1, -0.05) is 0 Å². The highest BCUT2D eigenvalue weighted by atomic mass is 16.4. The highest BCUT2D eigenvalue weighted by Gasteiger charge is 2.34. The molecule has 1 aromatic rings. The van der Waals surface area contributed by atoms with Gasteiger partial charge in [0, 0.05) is 18.3 Å². The maximum atomic E-state index is 12.6. The van der Waals surface area contributed by atoms with Crippen molar-refractivity contribution >= 4 is 29.7 Å². The van der Waals surface area contributed by atoms with Crippen molar-refractivity contribution in [3.05, 3.63) is 18.2 Å². The molecule has 1 heterocycles. The quantitative estimate of drug-likeness (QED) is 0.134. The fourth-order valence-electron chi connectivity index (χ4n) is 2.61. The highest BCUT2D eigenvalue weighted by Crippen LogP contribution is 2.03. The normalized spacial score (nSPS) is 16.4. The summed E-state index contributed by atoms with van der Waals surface area (Å²) in [6, 6.07) is -6.27. The molecule has 0 aliphatic rings. The molecule has 0 spiro atoms. The first-order valence-electron chi connectivity index (χ1n) is 9.78. The molecule has 0 saturated carbocycles. The van der Waals surface area contributed by atoms with Crippen LogP contribution in [0, 0.1) is 0 Å². The molecule has 0 aliphatic heterocycles. The van der Waals surface area contributed by atoms with Crippen LogP contribution in [0.5, 0.6) is 0 Å². The van der Waals surface area contributed by atoms with Crippen LogP contribution in [0.3, 0.4) is 0 Å². The summed E-state index contributed by atoms with van der Waals surface area (Å²) >= 11 is 0. The van der Waals surface area contributed by atoms with E-state index in [1.807, 2.05) is 0 Å². The number of hydrogen-bond donors (Lipinski definition) is 9. The molecule has 0 saturated heterocycles. The average molecular weight is 472 g/mol. The van der Waals surface area contributed by atoms with Gasteiger partial charge in [0.05, 0.1) is 25.0 Å². The monoisotopic (exact) mass is 472 g/mol. The summed E-state index contributed by atoms with van der Waals surface area (Å²) in [4.78, 5) is 66.3. The van der Waals surface area contributed by atoms with E-state index in [-0.39, 0.29) is 6.42 Å². The van der Waals surface area contributed by atoms with Crippen molar-refractivity contribution in [3.63, 3.8) is 0 Å². The number of rotatable bonds is 13. The van der Waals surface area contributed by atoms with Gasteiger partial charge in [-0.2, -0.15) is 0 Å². The SMILES string of the molecule is CC(O)C(N)C(=O)NC(CC(=O)O)C(=O)NC(C(=O)NC(Cc1cnc[nH]1)C(=O)O)C(C)O. The van der Waals surface area contributed by atoms with Gasteiger partial charge in [0.15, 0.2) is 0 Å². The molecule has 33 heavy (non-hydrogen) atoms. The van der Waals surface area contributed by atoms with Gasteiger partial charge in [0.25, 0.3) is 0 Å². The predicted octanol–water partition coefficient (Wildman–Crippen LogP) is -3.95. The van der Waals surface area contributed by atoms with Gasteiger partial charge < -0.3 is 47.1 Å². The van der Waals surface area contributed by atoms with Crippen LogP contribution in [-0.2, 0) is 30.4 Å². The number of aliphatic hydroxyl groups is 2. The predicted molar refractivity (Wildman–Crippen MR) is 109 cm³/mol. The van der Waals surface area contributed by atoms with Gasteiger partial charge in [0.1, 0.15) is 24.2 Å². The lowest BCUT2D eigenvalue weighted by Crippen LogP contribution is -2.60. The van der Waals surface area contributed by atoms with Crippen molar-refractivity contribution in [2.75, 3.05) is 0 Å². The molecule has 0 aromatic carbocycles. The Hall–Kier alpha value is -3.56. The summed E-state index contributed by atoms with van der Waals surface area (Å²) < 4.78 is 0. The van der Waals surface area contributed by atoms with Crippen LogP contribution in [0.4, 0.5) is 0 Å². The zero-order valence-corrected chi connectivity index (χ0v) is 17.9. The van der Waals surface area contributed by atoms with Crippen LogP contribution in [0.25, 0.3) is 0 Å². The van der Waals surface area contributed by atoms with Gasteiger partial charge in [-0.05, 0) is 13.8 Å². The summed E-state index contributed by atoms with van der Waals surface area (Å²) in [6.07, 6.45) is -1.21. The van der Waals surface area contributed by atoms with E-state index in [9.17, 15) is 39.3 Å². The van der Waals surface area contributed by atoms with Gasteiger partial charge in [-0.25, -0.2) is 9.78 Å². The van der Waals surface area contributed by atoms with Crippen molar-refractivity contribution in [1.82, 2.24) is 25.9 Å². The van der Waals surface area contributed by atoms with Gasteiger partial charge >= 0.3 is 11.9 Å². The molecular formula is C18H28N6O9. The first kappa shape index (κ1) is 27.5. The third-order valence-corrected chi connectivity index (χ3v) is 4.49. The van der Waals surface area contributed by atoms with E-state index >= 15 is 0 Å². The van der Waals surface area contributed by atoms with E-state index in [1.165, 1.54) is 19.4 Å². The highest BCUT2D eigenvalue weighted by molar-refractivity contribution is 5.96. The first-order valence-corrected chi connectivity index (χ1v) is 9.78. The molecule has 6 atom stereocenters. The van der Waals surface area contributed by atoms with Crippen molar-refractivity contribution in [1.29, 1.82) is 0 Å². The summed E-state index contributed by atoms with van der Waals surface area (Å²) in [5.74, 6) is -6.09. The second-order valence-electron chi connectivity index (χ2n) is 7.33. The third-order valence-electron chi connectivity index (χ3n) is 4.49. The molecular weight excluding hydrogens is 444 g/mol. The fourth-order valence-corrected chi connectivity index (χ4v) is 2.61. The maximum absolute atomic E-state index is 12.6.